The van der Waals surface area contributed by atoms with Crippen molar-refractivity contribution in [1.29, 1.82) is 0 Å². The maximum Gasteiger partial charge on any atom is 0.306 e. The SMILES string of the molecule is O=C(O)C[C@H]1O[C@@H]2O[C@H]3[C@H](O)[C@@H](O)[C@@H](O[C@H]4[C@H](O)[C@@H](O)[C@@H](O[C@H]5[C@H](O)[C@@H](O)[C@@H](O[C@H]6[C@H](O)[C@@H](O)[C@@H](O[C@H]7[C@H](O)[C@@H](O)[C@@H](O[C@H]8[C@H](O)[C@@H](O)[C@@H](O[C@H]1[C@H](O)[C@H]2O)O[C@@H]8CO)O[C@@H]7CO)O[C@@H]6CO)O[C@@H]5CO)O[C@@H]4CC(=O)O)O[C@@H]3CC(=O)O. The Morgan fingerprint density at radius 3 is 0.482 bits per heavy atom. The van der Waals surface area contributed by atoms with Crippen molar-refractivity contribution in [1.82, 2.24) is 0 Å². The average Bonchev–Trinajstić information content (AvgIpc) is 3.60. The molecule has 21 aliphatic rings. The van der Waals surface area contributed by atoms with E-state index in [9.17, 15) is 122 Å². The first kappa shape index (κ1) is 66.1. The van der Waals surface area contributed by atoms with Gasteiger partial charge < -0.3 is 174 Å². The van der Waals surface area contributed by atoms with Gasteiger partial charge in [0.25, 0.3) is 0 Å². The highest BCUT2D eigenvalue weighted by Gasteiger charge is 2.60. The summed E-state index contributed by atoms with van der Waals surface area (Å²) in [4.78, 5) is 36.6. The van der Waals surface area contributed by atoms with Crippen molar-refractivity contribution in [2.75, 3.05) is 26.4 Å². The van der Waals surface area contributed by atoms with E-state index in [1.54, 1.807) is 0 Å². The molecule has 83 heavy (non-hydrogen) atoms. The molecule has 0 spiro atoms. The Bertz CT molecular complexity index is 2110. The van der Waals surface area contributed by atoms with Gasteiger partial charge in [0.1, 0.15) is 171 Å². The summed E-state index contributed by atoms with van der Waals surface area (Å²) in [5, 5.41) is 230. The van der Waals surface area contributed by atoms with Gasteiger partial charge in [0, 0.05) is 0 Å². The van der Waals surface area contributed by atoms with Crippen LogP contribution in [0.15, 0.2) is 0 Å². The summed E-state index contributed by atoms with van der Waals surface area (Å²) in [6.07, 6.45) is -78.7. The second-order valence-corrected chi connectivity index (χ2v) is 20.9. The van der Waals surface area contributed by atoms with E-state index in [0.29, 0.717) is 0 Å². The number of rotatable bonds is 10. The summed E-state index contributed by atoms with van der Waals surface area (Å²) in [6, 6.07) is 0. The number of aliphatic hydroxyl groups excluding tert-OH is 18. The predicted molar refractivity (Wildman–Crippen MR) is 244 cm³/mol. The minimum absolute atomic E-state index is 1.10. The fraction of sp³-hybridized carbons (Fsp3) is 0.933. The van der Waals surface area contributed by atoms with E-state index in [2.05, 4.69) is 0 Å². The lowest BCUT2D eigenvalue weighted by Gasteiger charge is -2.50. The quantitative estimate of drug-likeness (QED) is 0.0966. The van der Waals surface area contributed by atoms with Gasteiger partial charge in [-0.25, -0.2) is 0 Å². The Hall–Kier alpha value is -2.87. The van der Waals surface area contributed by atoms with Gasteiger partial charge in [-0.3, -0.25) is 14.4 Å². The molecule has 38 heteroatoms. The maximum atomic E-state index is 12.2. The molecule has 21 N–H and O–H groups in total. The van der Waals surface area contributed by atoms with E-state index in [4.69, 9.17) is 66.3 Å². The summed E-state index contributed by atoms with van der Waals surface area (Å²) in [7, 11) is 0. The van der Waals surface area contributed by atoms with Gasteiger partial charge in [-0.15, -0.1) is 0 Å². The Balaban J connectivity index is 1.12. The second-order valence-electron chi connectivity index (χ2n) is 20.9. The largest absolute Gasteiger partial charge is 0.481 e. The molecule has 478 valence electrons. The van der Waals surface area contributed by atoms with Gasteiger partial charge in [0.2, 0.25) is 0 Å². The molecule has 14 bridgehead atoms. The Morgan fingerprint density at radius 1 is 0.217 bits per heavy atom. The Labute approximate surface area is 466 Å². The number of hydrogen-bond acceptors (Lipinski definition) is 35. The summed E-state index contributed by atoms with van der Waals surface area (Å²) in [5.74, 6) is -5.04. The molecule has 0 saturated carbocycles. The zero-order valence-corrected chi connectivity index (χ0v) is 43.0. The van der Waals surface area contributed by atoms with Crippen LogP contribution in [-0.4, -0.2) is 367 Å². The molecular formula is C45H70O38. The van der Waals surface area contributed by atoms with Crippen molar-refractivity contribution in [2.24, 2.45) is 0 Å². The van der Waals surface area contributed by atoms with E-state index < -0.39 is 279 Å². The molecule has 0 aromatic rings. The standard InChI is InChI=1S/C45H70O38/c46-4-11-35-22(60)29(67)43(74-11)82-37-13(6-48)76-45(31(69)24(37)62)83-38-14(7-49)75-44(30(68)23(38)61)81-36-12(5-47)73-42(28(66)21(36)59)79-34-10(3-17(54)55)71-40(26(64)19(34)57)77-32-8(1-15(50)51)70-39(25(63)18(32)56)78-33-9(2-16(52)53)72-41(80-35)27(65)20(33)58/h8-14,18-49,56-69H,1-7H2,(H,50,51)(H,52,53)(H,54,55)/t8-,9-,10-,11-,12-,13-,14-,18-,19-,20-,21-,22-,23-,24-,25-,26-,27-,28-,29-,30-,31-,32-,33-,34-,35-,36-,37-,38-,39-,40-,41-,42-,43-,44-,45-/m1/s1. The predicted octanol–water partition coefficient (Wildman–Crippen LogP) is -13.8. The minimum atomic E-state index is -2.42. The van der Waals surface area contributed by atoms with Crippen molar-refractivity contribution < 1.29 is 188 Å². The summed E-state index contributed by atoms with van der Waals surface area (Å²) in [6.45, 7) is -4.45. The molecule has 21 aliphatic heterocycles. The highest BCUT2D eigenvalue weighted by Crippen LogP contribution is 2.40. The van der Waals surface area contributed by atoms with Crippen molar-refractivity contribution in [2.45, 2.75) is 234 Å². The second kappa shape index (κ2) is 27.7. The van der Waals surface area contributed by atoms with Gasteiger partial charge in [0.05, 0.1) is 45.7 Å². The monoisotopic (exact) mass is 1220 g/mol. The minimum Gasteiger partial charge on any atom is -0.481 e. The molecule has 21 saturated heterocycles. The number of carboxylic acid groups (broad SMARTS) is 3. The molecule has 0 aromatic carbocycles. The highest BCUT2D eigenvalue weighted by molar-refractivity contribution is 5.68. The summed E-state index contributed by atoms with van der Waals surface area (Å²) >= 11 is 0. The van der Waals surface area contributed by atoms with E-state index in [1.165, 1.54) is 0 Å². The molecule has 35 atom stereocenters. The molecule has 0 unspecified atom stereocenters. The van der Waals surface area contributed by atoms with Crippen molar-refractivity contribution in [3.8, 4) is 0 Å². The van der Waals surface area contributed by atoms with Crippen LogP contribution in [-0.2, 0) is 80.7 Å². The molecule has 0 aromatic heterocycles. The Kier molecular flexibility index (Phi) is 22.0. The molecule has 21 rings (SSSR count). The van der Waals surface area contributed by atoms with Crippen molar-refractivity contribution >= 4 is 17.9 Å². The number of carbonyl (C=O) groups is 3. The van der Waals surface area contributed by atoms with Crippen LogP contribution in [0.5, 0.6) is 0 Å². The van der Waals surface area contributed by atoms with Crippen LogP contribution in [0.25, 0.3) is 0 Å². The number of hydrogen-bond donors (Lipinski definition) is 21. The van der Waals surface area contributed by atoms with Gasteiger partial charge in [0.15, 0.2) is 44.0 Å². The van der Waals surface area contributed by atoms with E-state index in [1.807, 2.05) is 0 Å². The van der Waals surface area contributed by atoms with E-state index in [-0.39, 0.29) is 0 Å². The van der Waals surface area contributed by atoms with E-state index >= 15 is 0 Å². The number of aliphatic carboxylic acids is 3. The molecular weight excluding hydrogens is 1150 g/mol. The third-order valence-electron chi connectivity index (χ3n) is 15.4. The van der Waals surface area contributed by atoms with Gasteiger partial charge in [-0.05, 0) is 0 Å². The fourth-order valence-corrected chi connectivity index (χ4v) is 11.0. The molecule has 38 nitrogen and oxygen atoms in total. The molecule has 21 heterocycles. The number of ether oxygens (including phenoxy) is 14. The topological polar surface area (TPSA) is 605 Å². The van der Waals surface area contributed by atoms with Crippen molar-refractivity contribution in [3.63, 3.8) is 0 Å². The lowest BCUT2D eigenvalue weighted by Crippen LogP contribution is -2.68. The van der Waals surface area contributed by atoms with Crippen LogP contribution < -0.4 is 0 Å². The summed E-state index contributed by atoms with van der Waals surface area (Å²) in [5.41, 5.74) is 0. The average molecular weight is 1220 g/mol. The lowest BCUT2D eigenvalue weighted by molar-refractivity contribution is -0.396. The number of carboxylic acids is 3. The summed E-state index contributed by atoms with van der Waals surface area (Å²) < 4.78 is 79.4. The van der Waals surface area contributed by atoms with Gasteiger partial charge >= 0.3 is 17.9 Å². The zero-order valence-electron chi connectivity index (χ0n) is 43.0. The fourth-order valence-electron chi connectivity index (χ4n) is 11.0. The third kappa shape index (κ3) is 13.7. The third-order valence-corrected chi connectivity index (χ3v) is 15.4. The van der Waals surface area contributed by atoms with Gasteiger partial charge in [-0.1, -0.05) is 0 Å². The van der Waals surface area contributed by atoms with Crippen molar-refractivity contribution in [3.05, 3.63) is 0 Å². The van der Waals surface area contributed by atoms with Crippen LogP contribution in [0.4, 0.5) is 0 Å². The zero-order chi connectivity index (χ0) is 60.8. The highest BCUT2D eigenvalue weighted by atomic mass is 16.8. The smallest absolute Gasteiger partial charge is 0.306 e. The Morgan fingerprint density at radius 2 is 0.349 bits per heavy atom. The number of aliphatic hydroxyl groups is 18. The van der Waals surface area contributed by atoms with Crippen LogP contribution in [0.3, 0.4) is 0 Å². The maximum absolute atomic E-state index is 12.2. The van der Waals surface area contributed by atoms with Crippen LogP contribution >= 0.6 is 0 Å². The first-order valence-electron chi connectivity index (χ1n) is 26.0. The molecule has 0 aliphatic carbocycles. The van der Waals surface area contributed by atoms with E-state index in [0.717, 1.165) is 0 Å². The first-order valence-corrected chi connectivity index (χ1v) is 26.0. The molecule has 0 radical (unpaired) electrons. The normalized spacial score (nSPS) is 52.0. The van der Waals surface area contributed by atoms with Crippen LogP contribution in [0, 0.1) is 0 Å². The van der Waals surface area contributed by atoms with Crippen LogP contribution in [0.2, 0.25) is 0 Å². The molecule has 21 fully saturated rings. The lowest BCUT2D eigenvalue weighted by atomic mass is 9.93. The van der Waals surface area contributed by atoms with Crippen LogP contribution in [0.1, 0.15) is 19.3 Å². The first-order chi connectivity index (χ1) is 39.2. The molecule has 0 amide bonds. The van der Waals surface area contributed by atoms with Gasteiger partial charge in [-0.2, -0.15) is 0 Å².